The molecule has 0 aliphatic carbocycles. The topological polar surface area (TPSA) is 41.9 Å². The molecule has 0 aromatic heterocycles. The summed E-state index contributed by atoms with van der Waals surface area (Å²) in [6.45, 7) is 5.34. The molecule has 2 aliphatic rings. The molecule has 3 aromatic rings. The van der Waals surface area contributed by atoms with Gasteiger partial charge in [-0.05, 0) is 74.6 Å². The molecule has 0 radical (unpaired) electrons. The molecule has 4 heteroatoms. The third-order valence-corrected chi connectivity index (χ3v) is 8.46. The van der Waals surface area contributed by atoms with Gasteiger partial charge in [0.05, 0.1) is 13.2 Å². The molecule has 0 saturated carbocycles. The second kappa shape index (κ2) is 14.4. The van der Waals surface area contributed by atoms with Gasteiger partial charge in [-0.25, -0.2) is 0 Å². The van der Waals surface area contributed by atoms with Crippen molar-refractivity contribution in [3.05, 3.63) is 89.5 Å². The van der Waals surface area contributed by atoms with E-state index in [0.717, 1.165) is 30.1 Å². The first-order chi connectivity index (χ1) is 19.3. The number of fused-ring (bicyclic) bond motifs is 1. The Morgan fingerprint density at radius 1 is 0.744 bits per heavy atom. The average Bonchev–Trinajstić information content (AvgIpc) is 3.50. The highest BCUT2D eigenvalue weighted by molar-refractivity contribution is 5.50. The van der Waals surface area contributed by atoms with Crippen LogP contribution in [0.5, 0.6) is 17.2 Å². The Hall–Kier alpha value is -2.98. The van der Waals surface area contributed by atoms with E-state index in [-0.39, 0.29) is 17.6 Å². The van der Waals surface area contributed by atoms with Crippen molar-refractivity contribution in [2.75, 3.05) is 32.8 Å². The van der Waals surface area contributed by atoms with E-state index in [0.29, 0.717) is 6.61 Å². The highest BCUT2D eigenvalue weighted by atomic mass is 16.5. The van der Waals surface area contributed by atoms with Gasteiger partial charge in [0.25, 0.3) is 0 Å². The highest BCUT2D eigenvalue weighted by Crippen LogP contribution is 2.47. The molecule has 2 aliphatic heterocycles. The van der Waals surface area contributed by atoms with Gasteiger partial charge in [-0.2, -0.15) is 0 Å². The number of rotatable bonds is 14. The molecule has 4 nitrogen and oxygen atoms in total. The van der Waals surface area contributed by atoms with Crippen molar-refractivity contribution >= 4 is 0 Å². The third-order valence-electron chi connectivity index (χ3n) is 8.46. The van der Waals surface area contributed by atoms with E-state index in [2.05, 4.69) is 59.5 Å². The summed E-state index contributed by atoms with van der Waals surface area (Å²) in [5.41, 5.74) is 3.63. The number of phenolic OH excluding ortho intramolecular Hbond substituents is 1. The van der Waals surface area contributed by atoms with Crippen LogP contribution in [0.2, 0.25) is 0 Å². The molecule has 2 heterocycles. The minimum Gasteiger partial charge on any atom is -0.508 e. The number of benzene rings is 3. The summed E-state index contributed by atoms with van der Waals surface area (Å²) in [7, 11) is 0. The van der Waals surface area contributed by atoms with Gasteiger partial charge in [-0.15, -0.1) is 0 Å². The normalized spacial score (nSPS) is 19.0. The molecule has 1 saturated heterocycles. The molecular formula is C35H45NO3. The standard InChI is InChI=1S/C35H45NO3/c37-30-18-21-32-34(26-30)39-27-33(28-14-8-7-9-15-28)35(32)29-16-19-31(20-17-29)38-25-13-6-4-2-1-3-5-10-22-36-23-11-12-24-36/h7-9,14-21,26,33,35,37H,1-6,10-13,22-25,27H2/t33-,35-/m1/s1. The summed E-state index contributed by atoms with van der Waals surface area (Å²) in [4.78, 5) is 2.63. The summed E-state index contributed by atoms with van der Waals surface area (Å²) in [6, 6.07) is 24.7. The molecule has 2 atom stereocenters. The SMILES string of the molecule is Oc1ccc2c(c1)OC[C@H](c1ccccc1)[C@@H]2c1ccc(OCCCCCCCCCCN2CCCC2)cc1. The van der Waals surface area contributed by atoms with E-state index in [1.54, 1.807) is 12.1 Å². The highest BCUT2D eigenvalue weighted by Gasteiger charge is 2.33. The number of ether oxygens (including phenoxy) is 2. The molecule has 5 rings (SSSR count). The number of nitrogens with zero attached hydrogens (tertiary/aromatic N) is 1. The molecule has 0 amide bonds. The number of hydrogen-bond acceptors (Lipinski definition) is 4. The Morgan fingerprint density at radius 3 is 2.18 bits per heavy atom. The van der Waals surface area contributed by atoms with Gasteiger partial charge in [0.2, 0.25) is 0 Å². The van der Waals surface area contributed by atoms with Crippen LogP contribution in [0.4, 0.5) is 0 Å². The second-order valence-electron chi connectivity index (χ2n) is 11.3. The van der Waals surface area contributed by atoms with Gasteiger partial charge >= 0.3 is 0 Å². The largest absolute Gasteiger partial charge is 0.508 e. The van der Waals surface area contributed by atoms with Crippen molar-refractivity contribution < 1.29 is 14.6 Å². The van der Waals surface area contributed by atoms with Crippen molar-refractivity contribution in [3.63, 3.8) is 0 Å². The Morgan fingerprint density at radius 2 is 1.44 bits per heavy atom. The third kappa shape index (κ3) is 7.79. The fraction of sp³-hybridized carbons (Fsp3) is 0.486. The van der Waals surface area contributed by atoms with E-state index >= 15 is 0 Å². The maximum Gasteiger partial charge on any atom is 0.126 e. The molecule has 1 fully saturated rings. The van der Waals surface area contributed by atoms with Crippen LogP contribution in [-0.4, -0.2) is 42.9 Å². The molecule has 208 valence electrons. The summed E-state index contributed by atoms with van der Waals surface area (Å²) in [5, 5.41) is 9.99. The number of hydrogen-bond donors (Lipinski definition) is 1. The first kappa shape index (κ1) is 27.6. The average molecular weight is 528 g/mol. The minimum absolute atomic E-state index is 0.158. The lowest BCUT2D eigenvalue weighted by Crippen LogP contribution is -2.25. The maximum atomic E-state index is 9.99. The van der Waals surface area contributed by atoms with Crippen LogP contribution in [0.1, 0.15) is 92.7 Å². The first-order valence-electron chi connectivity index (χ1n) is 15.2. The minimum atomic E-state index is 0.158. The van der Waals surface area contributed by atoms with Crippen LogP contribution in [0.15, 0.2) is 72.8 Å². The van der Waals surface area contributed by atoms with E-state index in [9.17, 15) is 5.11 Å². The zero-order valence-corrected chi connectivity index (χ0v) is 23.4. The monoisotopic (exact) mass is 527 g/mol. The van der Waals surface area contributed by atoms with E-state index in [1.807, 2.05) is 6.07 Å². The van der Waals surface area contributed by atoms with Gasteiger partial charge in [0.1, 0.15) is 17.2 Å². The Labute approximate surface area is 235 Å². The van der Waals surface area contributed by atoms with E-state index in [4.69, 9.17) is 9.47 Å². The summed E-state index contributed by atoms with van der Waals surface area (Å²) in [6.07, 6.45) is 13.4. The Kier molecular flexibility index (Phi) is 10.2. The van der Waals surface area contributed by atoms with E-state index < -0.39 is 0 Å². The second-order valence-corrected chi connectivity index (χ2v) is 11.3. The number of phenols is 1. The zero-order valence-electron chi connectivity index (χ0n) is 23.4. The molecule has 1 N–H and O–H groups in total. The molecular weight excluding hydrogens is 482 g/mol. The van der Waals surface area contributed by atoms with Gasteiger partial charge in [0, 0.05) is 23.5 Å². The number of unbranched alkanes of at least 4 members (excludes halogenated alkanes) is 7. The first-order valence-corrected chi connectivity index (χ1v) is 15.2. The van der Waals surface area contributed by atoms with Crippen LogP contribution in [0, 0.1) is 0 Å². The van der Waals surface area contributed by atoms with Crippen molar-refractivity contribution in [3.8, 4) is 17.2 Å². The van der Waals surface area contributed by atoms with Crippen molar-refractivity contribution in [1.29, 1.82) is 0 Å². The number of likely N-dealkylation sites (tertiary alicyclic amines) is 1. The summed E-state index contributed by atoms with van der Waals surface area (Å²) >= 11 is 0. The molecule has 3 aromatic carbocycles. The quantitative estimate of drug-likeness (QED) is 0.214. The summed E-state index contributed by atoms with van der Waals surface area (Å²) < 4.78 is 12.2. The summed E-state index contributed by atoms with van der Waals surface area (Å²) in [5.74, 6) is 2.31. The van der Waals surface area contributed by atoms with Crippen molar-refractivity contribution in [2.24, 2.45) is 0 Å². The fourth-order valence-corrected chi connectivity index (χ4v) is 6.26. The van der Waals surface area contributed by atoms with Gasteiger partial charge in [-0.3, -0.25) is 0 Å². The van der Waals surface area contributed by atoms with Gasteiger partial charge < -0.3 is 19.5 Å². The van der Waals surface area contributed by atoms with Crippen LogP contribution in [-0.2, 0) is 0 Å². The Balaban J connectivity index is 1.05. The smallest absolute Gasteiger partial charge is 0.126 e. The lowest BCUT2D eigenvalue weighted by molar-refractivity contribution is 0.247. The maximum absolute atomic E-state index is 9.99. The predicted molar refractivity (Wildman–Crippen MR) is 159 cm³/mol. The van der Waals surface area contributed by atoms with Crippen LogP contribution < -0.4 is 9.47 Å². The fourth-order valence-electron chi connectivity index (χ4n) is 6.26. The van der Waals surface area contributed by atoms with Crippen LogP contribution >= 0.6 is 0 Å². The van der Waals surface area contributed by atoms with Crippen molar-refractivity contribution in [2.45, 2.75) is 76.0 Å². The van der Waals surface area contributed by atoms with Crippen LogP contribution in [0.3, 0.4) is 0 Å². The van der Waals surface area contributed by atoms with Gasteiger partial charge in [0.15, 0.2) is 0 Å². The van der Waals surface area contributed by atoms with Gasteiger partial charge in [-0.1, -0.05) is 87.1 Å². The van der Waals surface area contributed by atoms with Crippen LogP contribution in [0.25, 0.3) is 0 Å². The van der Waals surface area contributed by atoms with Crippen molar-refractivity contribution in [1.82, 2.24) is 4.90 Å². The molecule has 0 spiro atoms. The molecule has 39 heavy (non-hydrogen) atoms. The Bertz CT molecular complexity index is 1120. The lowest BCUT2D eigenvalue weighted by Gasteiger charge is -2.34. The molecule has 0 unspecified atom stereocenters. The predicted octanol–water partition coefficient (Wildman–Crippen LogP) is 8.30. The number of aromatic hydroxyl groups is 1. The zero-order chi connectivity index (χ0) is 26.7. The van der Waals surface area contributed by atoms with E-state index in [1.165, 1.54) is 88.5 Å². The molecule has 0 bridgehead atoms. The lowest BCUT2D eigenvalue weighted by atomic mass is 9.76.